The van der Waals surface area contributed by atoms with Crippen molar-refractivity contribution in [3.05, 3.63) is 35.8 Å². The number of carboxylic acid groups (broad SMARTS) is 1. The Balaban J connectivity index is 2.76. The molecule has 0 saturated carbocycles. The number of aliphatic carboxylic acids is 1. The van der Waals surface area contributed by atoms with Crippen LogP contribution in [0.25, 0.3) is 10.9 Å². The summed E-state index contributed by atoms with van der Waals surface area (Å²) >= 11 is 0. The molecule has 1 aromatic carbocycles. The summed E-state index contributed by atoms with van der Waals surface area (Å²) in [5.41, 5.74) is 0.870. The molecule has 0 aliphatic rings. The number of aromatic nitrogens is 1. The summed E-state index contributed by atoms with van der Waals surface area (Å²) < 4.78 is 14.7. The average molecular weight is 249 g/mol. The maximum atomic E-state index is 13.2. The van der Waals surface area contributed by atoms with Gasteiger partial charge in [-0.25, -0.2) is 9.18 Å². The van der Waals surface area contributed by atoms with Gasteiger partial charge >= 0.3 is 5.97 Å². The fraction of sp³-hybridized carbons (Fsp3) is 0.231. The molecular weight excluding hydrogens is 237 g/mol. The number of halogens is 1. The van der Waals surface area contributed by atoms with Crippen LogP contribution in [0, 0.1) is 5.82 Å². The lowest BCUT2D eigenvalue weighted by molar-refractivity contribution is -0.140. The lowest BCUT2D eigenvalue weighted by Gasteiger charge is -2.09. The summed E-state index contributed by atoms with van der Waals surface area (Å²) in [6, 6.07) is 3.16. The van der Waals surface area contributed by atoms with Crippen molar-refractivity contribution in [2.45, 2.75) is 19.9 Å². The monoisotopic (exact) mass is 249 g/mol. The smallest absolute Gasteiger partial charge is 0.326 e. The van der Waals surface area contributed by atoms with Crippen molar-refractivity contribution in [1.29, 1.82) is 0 Å². The van der Waals surface area contributed by atoms with Crippen molar-refractivity contribution in [3.8, 4) is 0 Å². The van der Waals surface area contributed by atoms with Crippen LogP contribution >= 0.6 is 0 Å². The van der Waals surface area contributed by atoms with Crippen molar-refractivity contribution >= 4 is 22.7 Å². The van der Waals surface area contributed by atoms with Gasteiger partial charge in [0.05, 0.1) is 0 Å². The fourth-order valence-electron chi connectivity index (χ4n) is 1.95. The van der Waals surface area contributed by atoms with E-state index in [0.29, 0.717) is 16.5 Å². The van der Waals surface area contributed by atoms with E-state index in [1.54, 1.807) is 0 Å². The largest absolute Gasteiger partial charge is 0.480 e. The summed E-state index contributed by atoms with van der Waals surface area (Å²) in [6.07, 6.45) is 1.46. The molecule has 1 unspecified atom stereocenters. The second-order valence-corrected chi connectivity index (χ2v) is 4.18. The predicted octanol–water partition coefficient (Wildman–Crippen LogP) is 2.63. The highest BCUT2D eigenvalue weighted by Gasteiger charge is 2.19. The van der Waals surface area contributed by atoms with Gasteiger partial charge in [-0.15, -0.1) is 0 Å². The number of carboxylic acids is 1. The Morgan fingerprint density at radius 1 is 1.39 bits per heavy atom. The first-order valence-corrected chi connectivity index (χ1v) is 5.45. The van der Waals surface area contributed by atoms with Gasteiger partial charge in [-0.1, -0.05) is 0 Å². The maximum Gasteiger partial charge on any atom is 0.326 e. The van der Waals surface area contributed by atoms with Crippen LogP contribution in [-0.2, 0) is 4.79 Å². The van der Waals surface area contributed by atoms with Gasteiger partial charge in [0.1, 0.15) is 11.9 Å². The molecule has 94 valence electrons. The molecule has 1 atom stereocenters. The van der Waals surface area contributed by atoms with Crippen LogP contribution in [0.2, 0.25) is 0 Å². The van der Waals surface area contributed by atoms with Crippen LogP contribution < -0.4 is 0 Å². The molecule has 5 heteroatoms. The number of benzene rings is 1. The summed E-state index contributed by atoms with van der Waals surface area (Å²) in [5.74, 6) is -1.68. The minimum Gasteiger partial charge on any atom is -0.480 e. The van der Waals surface area contributed by atoms with Gasteiger partial charge in [-0.3, -0.25) is 4.79 Å². The van der Waals surface area contributed by atoms with Crippen LogP contribution in [0.4, 0.5) is 4.39 Å². The first-order valence-electron chi connectivity index (χ1n) is 5.45. The molecule has 2 rings (SSSR count). The molecule has 0 amide bonds. The number of carbonyl (C=O) groups excluding carboxylic acids is 1. The molecular formula is C13H12FNO3. The van der Waals surface area contributed by atoms with Crippen molar-refractivity contribution in [1.82, 2.24) is 4.57 Å². The van der Waals surface area contributed by atoms with Crippen molar-refractivity contribution in [3.63, 3.8) is 0 Å². The van der Waals surface area contributed by atoms with Gasteiger partial charge in [0.15, 0.2) is 5.78 Å². The van der Waals surface area contributed by atoms with E-state index in [9.17, 15) is 14.0 Å². The van der Waals surface area contributed by atoms with E-state index in [-0.39, 0.29) is 5.78 Å². The quantitative estimate of drug-likeness (QED) is 0.850. The zero-order valence-electron chi connectivity index (χ0n) is 9.98. The number of nitrogens with zero attached hydrogens (tertiary/aromatic N) is 1. The van der Waals surface area contributed by atoms with Crippen molar-refractivity contribution in [2.24, 2.45) is 0 Å². The Morgan fingerprint density at radius 2 is 2.06 bits per heavy atom. The molecule has 1 heterocycles. The molecule has 18 heavy (non-hydrogen) atoms. The molecule has 0 bridgehead atoms. The zero-order valence-corrected chi connectivity index (χ0v) is 9.98. The SMILES string of the molecule is CC(=O)c1cn(C(C)C(=O)O)c2ccc(F)cc12. The van der Waals surface area contributed by atoms with E-state index in [2.05, 4.69) is 0 Å². The van der Waals surface area contributed by atoms with Crippen molar-refractivity contribution in [2.75, 3.05) is 0 Å². The minimum absolute atomic E-state index is 0.220. The Labute approximate surface area is 103 Å². The number of hydrogen-bond donors (Lipinski definition) is 1. The fourth-order valence-corrected chi connectivity index (χ4v) is 1.95. The normalized spacial score (nSPS) is 12.6. The Bertz CT molecular complexity index is 645. The average Bonchev–Trinajstić information content (AvgIpc) is 2.66. The van der Waals surface area contributed by atoms with Crippen LogP contribution in [0.5, 0.6) is 0 Å². The Kier molecular flexibility index (Phi) is 2.90. The lowest BCUT2D eigenvalue weighted by atomic mass is 10.1. The predicted molar refractivity (Wildman–Crippen MR) is 64.2 cm³/mol. The minimum atomic E-state index is -1.01. The van der Waals surface area contributed by atoms with Gasteiger partial charge in [0.2, 0.25) is 0 Å². The highest BCUT2D eigenvalue weighted by atomic mass is 19.1. The van der Waals surface area contributed by atoms with Gasteiger partial charge < -0.3 is 9.67 Å². The summed E-state index contributed by atoms with van der Waals surface area (Å²) in [7, 11) is 0. The zero-order chi connectivity index (χ0) is 13.4. The molecule has 2 aromatic rings. The van der Waals surface area contributed by atoms with Crippen LogP contribution in [0.3, 0.4) is 0 Å². The van der Waals surface area contributed by atoms with Gasteiger partial charge in [0.25, 0.3) is 0 Å². The molecule has 0 aliphatic carbocycles. The molecule has 0 radical (unpaired) electrons. The third kappa shape index (κ3) is 1.88. The number of carbonyl (C=O) groups is 2. The number of fused-ring (bicyclic) bond motifs is 1. The third-order valence-electron chi connectivity index (χ3n) is 2.95. The summed E-state index contributed by atoms with van der Waals surface area (Å²) in [6.45, 7) is 2.88. The highest BCUT2D eigenvalue weighted by Crippen LogP contribution is 2.26. The van der Waals surface area contributed by atoms with Crippen LogP contribution in [-0.4, -0.2) is 21.4 Å². The summed E-state index contributed by atoms with van der Waals surface area (Å²) in [4.78, 5) is 22.5. The number of ketones is 1. The van der Waals surface area contributed by atoms with Gasteiger partial charge in [-0.05, 0) is 32.0 Å². The second-order valence-electron chi connectivity index (χ2n) is 4.18. The lowest BCUT2D eigenvalue weighted by Crippen LogP contribution is -2.14. The number of hydrogen-bond acceptors (Lipinski definition) is 2. The standard InChI is InChI=1S/C13H12FNO3/c1-7(13(17)18)15-6-11(8(2)16)10-5-9(14)3-4-12(10)15/h3-7H,1-2H3,(H,17,18). The van der Waals surface area contributed by atoms with Gasteiger partial charge in [-0.2, -0.15) is 0 Å². The van der Waals surface area contributed by atoms with E-state index in [1.807, 2.05) is 0 Å². The second kappa shape index (κ2) is 4.25. The third-order valence-corrected chi connectivity index (χ3v) is 2.95. The first-order chi connectivity index (χ1) is 8.41. The molecule has 1 aromatic heterocycles. The van der Waals surface area contributed by atoms with Crippen LogP contribution in [0.15, 0.2) is 24.4 Å². The summed E-state index contributed by atoms with van der Waals surface area (Å²) in [5, 5.41) is 9.46. The van der Waals surface area contributed by atoms with E-state index < -0.39 is 17.8 Å². The Hall–Kier alpha value is -2.17. The number of rotatable bonds is 3. The van der Waals surface area contributed by atoms with E-state index in [0.717, 1.165) is 0 Å². The molecule has 0 aliphatic heterocycles. The molecule has 0 spiro atoms. The molecule has 0 fully saturated rings. The highest BCUT2D eigenvalue weighted by molar-refractivity contribution is 6.07. The maximum absolute atomic E-state index is 13.2. The molecule has 1 N–H and O–H groups in total. The molecule has 0 saturated heterocycles. The van der Waals surface area contributed by atoms with Crippen molar-refractivity contribution < 1.29 is 19.1 Å². The van der Waals surface area contributed by atoms with E-state index in [4.69, 9.17) is 5.11 Å². The Morgan fingerprint density at radius 3 is 2.61 bits per heavy atom. The number of Topliss-reactive ketones (excluding diaryl/α,β-unsaturated/α-hetero) is 1. The molecule has 4 nitrogen and oxygen atoms in total. The first kappa shape index (κ1) is 12.3. The topological polar surface area (TPSA) is 59.3 Å². The van der Waals surface area contributed by atoms with Crippen LogP contribution in [0.1, 0.15) is 30.2 Å². The van der Waals surface area contributed by atoms with E-state index in [1.165, 1.54) is 42.8 Å². The van der Waals surface area contributed by atoms with Gasteiger partial charge in [0, 0.05) is 22.7 Å². The van der Waals surface area contributed by atoms with E-state index >= 15 is 0 Å².